The molecule has 1 saturated carbocycles. The van der Waals surface area contributed by atoms with Crippen molar-refractivity contribution in [3.05, 3.63) is 63.6 Å². The zero-order valence-electron chi connectivity index (χ0n) is 15.8. The lowest BCUT2D eigenvalue weighted by molar-refractivity contribution is 0.467. The van der Waals surface area contributed by atoms with E-state index in [0.717, 1.165) is 30.5 Å². The molecule has 0 aromatic heterocycles. The van der Waals surface area contributed by atoms with Crippen molar-refractivity contribution in [2.75, 3.05) is 18.0 Å². The zero-order chi connectivity index (χ0) is 20.6. The number of hydrogen-bond acceptors (Lipinski definition) is 4. The number of benzene rings is 2. The minimum atomic E-state index is -3.20. The maximum Gasteiger partial charge on any atom is 0.217 e. The number of hydrogen-bond donors (Lipinski definition) is 0. The number of nitrogens with zero attached hydrogens (tertiary/aromatic N) is 3. The molecule has 2 aromatic carbocycles. The summed E-state index contributed by atoms with van der Waals surface area (Å²) >= 11 is 12.7. The average Bonchev–Trinajstić information content (AvgIpc) is 3.45. The van der Waals surface area contributed by atoms with Gasteiger partial charge in [0, 0.05) is 36.4 Å². The van der Waals surface area contributed by atoms with Crippen molar-refractivity contribution in [1.29, 1.82) is 5.26 Å². The minimum Gasteiger partial charge on any atom is -0.363 e. The van der Waals surface area contributed by atoms with Crippen molar-refractivity contribution < 1.29 is 8.42 Å². The van der Waals surface area contributed by atoms with E-state index < -0.39 is 10.0 Å². The van der Waals surface area contributed by atoms with Crippen LogP contribution >= 0.6 is 23.2 Å². The molecule has 1 heterocycles. The van der Waals surface area contributed by atoms with Gasteiger partial charge in [0.25, 0.3) is 0 Å². The van der Waals surface area contributed by atoms with E-state index in [9.17, 15) is 13.7 Å². The molecule has 0 radical (unpaired) electrons. The molecule has 1 aliphatic heterocycles. The molecule has 5 nitrogen and oxygen atoms in total. The van der Waals surface area contributed by atoms with Crippen LogP contribution in [0.1, 0.15) is 30.4 Å². The van der Waals surface area contributed by atoms with E-state index in [1.54, 1.807) is 16.4 Å². The van der Waals surface area contributed by atoms with Crippen LogP contribution in [-0.4, -0.2) is 37.1 Å². The SMILES string of the molecule is N#Cc1ccc(N(Cc2ccccc2Cl)[C@H]2CCN(S(=O)(=O)C3CC3)C2)cc1Cl. The van der Waals surface area contributed by atoms with Crippen LogP contribution in [-0.2, 0) is 16.6 Å². The van der Waals surface area contributed by atoms with Gasteiger partial charge in [-0.05, 0) is 49.1 Å². The first-order valence-corrected chi connectivity index (χ1v) is 11.8. The number of rotatable bonds is 6. The molecule has 4 rings (SSSR count). The van der Waals surface area contributed by atoms with E-state index in [-0.39, 0.29) is 11.3 Å². The summed E-state index contributed by atoms with van der Waals surface area (Å²) in [5.74, 6) is 0. The van der Waals surface area contributed by atoms with Crippen molar-refractivity contribution in [1.82, 2.24) is 4.31 Å². The number of nitriles is 1. The maximum atomic E-state index is 12.7. The molecule has 0 unspecified atom stereocenters. The monoisotopic (exact) mass is 449 g/mol. The summed E-state index contributed by atoms with van der Waals surface area (Å²) in [5, 5.41) is 10.0. The molecule has 1 aliphatic carbocycles. The lowest BCUT2D eigenvalue weighted by atomic mass is 10.1. The van der Waals surface area contributed by atoms with Gasteiger partial charge in [0.05, 0.1) is 15.8 Å². The Kier molecular flexibility index (Phi) is 5.76. The predicted octanol–water partition coefficient (Wildman–Crippen LogP) is 4.44. The van der Waals surface area contributed by atoms with Crippen LogP contribution in [0.25, 0.3) is 0 Å². The third-order valence-corrected chi connectivity index (χ3v) is 8.62. The molecule has 152 valence electrons. The van der Waals surface area contributed by atoms with Gasteiger partial charge < -0.3 is 4.90 Å². The van der Waals surface area contributed by atoms with Gasteiger partial charge in [0.1, 0.15) is 6.07 Å². The van der Waals surface area contributed by atoms with Crippen molar-refractivity contribution in [3.63, 3.8) is 0 Å². The van der Waals surface area contributed by atoms with Gasteiger partial charge in [0.15, 0.2) is 0 Å². The summed E-state index contributed by atoms with van der Waals surface area (Å²) in [6.07, 6.45) is 2.25. The largest absolute Gasteiger partial charge is 0.363 e. The Bertz CT molecular complexity index is 1060. The summed E-state index contributed by atoms with van der Waals surface area (Å²) in [6, 6.07) is 15.0. The smallest absolute Gasteiger partial charge is 0.217 e. The zero-order valence-corrected chi connectivity index (χ0v) is 18.1. The highest BCUT2D eigenvalue weighted by molar-refractivity contribution is 7.90. The lowest BCUT2D eigenvalue weighted by Gasteiger charge is -2.32. The fourth-order valence-electron chi connectivity index (χ4n) is 3.79. The molecule has 0 spiro atoms. The summed E-state index contributed by atoms with van der Waals surface area (Å²) in [6.45, 7) is 1.50. The quantitative estimate of drug-likeness (QED) is 0.653. The average molecular weight is 450 g/mol. The second kappa shape index (κ2) is 8.16. The highest BCUT2D eigenvalue weighted by atomic mass is 35.5. The summed E-state index contributed by atoms with van der Waals surface area (Å²) in [5.41, 5.74) is 2.22. The Morgan fingerprint density at radius 1 is 1.10 bits per heavy atom. The van der Waals surface area contributed by atoms with Gasteiger partial charge >= 0.3 is 0 Å². The van der Waals surface area contributed by atoms with E-state index in [4.69, 9.17) is 23.2 Å². The minimum absolute atomic E-state index is 0.00352. The highest BCUT2D eigenvalue weighted by Gasteiger charge is 2.43. The molecule has 2 aliphatic rings. The van der Waals surface area contributed by atoms with Crippen LogP contribution in [0.2, 0.25) is 10.0 Å². The van der Waals surface area contributed by atoms with Crippen molar-refractivity contribution >= 4 is 38.9 Å². The molecule has 0 amide bonds. The van der Waals surface area contributed by atoms with Crippen LogP contribution in [0.3, 0.4) is 0 Å². The first kappa shape index (κ1) is 20.5. The van der Waals surface area contributed by atoms with Crippen molar-refractivity contribution in [2.24, 2.45) is 0 Å². The molecule has 1 atom stereocenters. The van der Waals surface area contributed by atoms with Gasteiger partial charge in [-0.25, -0.2) is 8.42 Å². The Morgan fingerprint density at radius 2 is 1.86 bits per heavy atom. The van der Waals surface area contributed by atoms with Gasteiger partial charge in [-0.3, -0.25) is 0 Å². The third-order valence-electron chi connectivity index (χ3n) is 5.58. The first-order valence-electron chi connectivity index (χ1n) is 9.59. The van der Waals surface area contributed by atoms with Gasteiger partial charge in [0.2, 0.25) is 10.0 Å². The van der Waals surface area contributed by atoms with Gasteiger partial charge in [-0.15, -0.1) is 0 Å². The maximum absolute atomic E-state index is 12.7. The predicted molar refractivity (Wildman–Crippen MR) is 116 cm³/mol. The molecule has 2 fully saturated rings. The van der Waals surface area contributed by atoms with E-state index in [2.05, 4.69) is 11.0 Å². The summed E-state index contributed by atoms with van der Waals surface area (Å²) < 4.78 is 27.0. The molecular weight excluding hydrogens is 429 g/mol. The van der Waals surface area contributed by atoms with Gasteiger partial charge in [-0.1, -0.05) is 41.4 Å². The van der Waals surface area contributed by atoms with Gasteiger partial charge in [-0.2, -0.15) is 9.57 Å². The normalized spacial score (nSPS) is 19.8. The van der Waals surface area contributed by atoms with Crippen molar-refractivity contribution in [2.45, 2.75) is 37.1 Å². The standard InChI is InChI=1S/C21H21Cl2N3O2S/c22-20-4-2-1-3-16(20)13-26(17-6-5-15(12-24)21(23)11-17)18-9-10-25(14-18)29(27,28)19-7-8-19/h1-6,11,18-19H,7-10,13-14H2/t18-/m0/s1. The molecule has 8 heteroatoms. The topological polar surface area (TPSA) is 64.4 Å². The number of halogens is 2. The van der Waals surface area contributed by atoms with E-state index in [0.29, 0.717) is 35.2 Å². The van der Waals surface area contributed by atoms with Crippen LogP contribution in [0.15, 0.2) is 42.5 Å². The van der Waals surface area contributed by atoms with E-state index in [1.807, 2.05) is 30.3 Å². The van der Waals surface area contributed by atoms with E-state index >= 15 is 0 Å². The fourth-order valence-corrected chi connectivity index (χ4v) is 6.09. The Morgan fingerprint density at radius 3 is 2.52 bits per heavy atom. The highest BCUT2D eigenvalue weighted by Crippen LogP contribution is 2.35. The third kappa shape index (κ3) is 4.24. The summed E-state index contributed by atoms with van der Waals surface area (Å²) in [7, 11) is -3.20. The molecule has 29 heavy (non-hydrogen) atoms. The molecule has 0 N–H and O–H groups in total. The van der Waals surface area contributed by atoms with Crippen LogP contribution in [0, 0.1) is 11.3 Å². The van der Waals surface area contributed by atoms with Crippen molar-refractivity contribution in [3.8, 4) is 6.07 Å². The molecule has 2 aromatic rings. The molecular formula is C21H21Cl2N3O2S. The molecule has 0 bridgehead atoms. The van der Waals surface area contributed by atoms with E-state index in [1.165, 1.54) is 0 Å². The van der Waals surface area contributed by atoms with Crippen LogP contribution < -0.4 is 4.90 Å². The summed E-state index contributed by atoms with van der Waals surface area (Å²) in [4.78, 5) is 2.15. The van der Waals surface area contributed by atoms with Crippen LogP contribution in [0.5, 0.6) is 0 Å². The fraction of sp³-hybridized carbons (Fsp3) is 0.381. The Balaban J connectivity index is 1.64. The second-order valence-corrected chi connectivity index (χ2v) is 10.6. The number of sulfonamides is 1. The Labute approximate surface area is 181 Å². The van der Waals surface area contributed by atoms with Crippen LogP contribution in [0.4, 0.5) is 5.69 Å². The first-order chi connectivity index (χ1) is 13.9. The molecule has 1 saturated heterocycles. The second-order valence-electron chi connectivity index (χ2n) is 7.54. The Hall–Kier alpha value is -1.78. The lowest BCUT2D eigenvalue weighted by Crippen LogP contribution is -2.39. The number of anilines is 1.